The number of allylic oxidation sites excluding steroid dienone is 1. The van der Waals surface area contributed by atoms with Crippen LogP contribution in [0.4, 0.5) is 0 Å². The van der Waals surface area contributed by atoms with Crippen molar-refractivity contribution in [3.05, 3.63) is 65.6 Å². The number of carboxylic acid groups (broad SMARTS) is 1. The maximum atomic E-state index is 11.5. The molecule has 33 heavy (non-hydrogen) atoms. The van der Waals surface area contributed by atoms with Crippen molar-refractivity contribution < 1.29 is 19.4 Å². The number of hydrazine groups is 2. The van der Waals surface area contributed by atoms with Crippen LogP contribution in [0.2, 0.25) is 0 Å². The van der Waals surface area contributed by atoms with Crippen LogP contribution >= 0.6 is 0 Å². The zero-order valence-electron chi connectivity index (χ0n) is 19.9. The van der Waals surface area contributed by atoms with Crippen molar-refractivity contribution in [2.24, 2.45) is 0 Å². The molecule has 178 valence electrons. The molecular formula is C25H34N4O4. The van der Waals surface area contributed by atoms with Gasteiger partial charge in [-0.2, -0.15) is 0 Å². The summed E-state index contributed by atoms with van der Waals surface area (Å²) in [5.41, 5.74) is 7.03. The number of nitrogens with one attached hydrogen (secondary N) is 1. The molecule has 0 fully saturated rings. The molecule has 0 spiro atoms. The molecule has 8 nitrogen and oxygen atoms in total. The summed E-state index contributed by atoms with van der Waals surface area (Å²) >= 11 is 0. The van der Waals surface area contributed by atoms with E-state index in [0.29, 0.717) is 24.2 Å². The predicted molar refractivity (Wildman–Crippen MR) is 126 cm³/mol. The number of benzene rings is 1. The normalized spacial score (nSPS) is 14.0. The Hall–Kier alpha value is -2.94. The first-order chi connectivity index (χ1) is 16.0. The first-order valence-electron chi connectivity index (χ1n) is 11.4. The molecule has 2 aromatic rings. The Kier molecular flexibility index (Phi) is 8.43. The largest absolute Gasteiger partial charge is 0.478 e. The quantitative estimate of drug-likeness (QED) is 0.351. The lowest BCUT2D eigenvalue weighted by atomic mass is 10.0. The molecule has 1 aromatic carbocycles. The van der Waals surface area contributed by atoms with Crippen LogP contribution in [0, 0.1) is 0 Å². The molecule has 0 bridgehead atoms. The van der Waals surface area contributed by atoms with Crippen molar-refractivity contribution >= 4 is 5.97 Å². The van der Waals surface area contributed by atoms with E-state index in [1.165, 1.54) is 0 Å². The van der Waals surface area contributed by atoms with Crippen LogP contribution in [0.3, 0.4) is 0 Å². The Bertz CT molecular complexity index is 949. The van der Waals surface area contributed by atoms with Gasteiger partial charge in [0.1, 0.15) is 0 Å². The van der Waals surface area contributed by atoms with Crippen molar-refractivity contribution in [3.63, 3.8) is 0 Å². The van der Waals surface area contributed by atoms with Gasteiger partial charge in [-0.25, -0.2) is 9.80 Å². The Morgan fingerprint density at radius 3 is 2.48 bits per heavy atom. The number of aromatic nitrogens is 1. The number of rotatable bonds is 12. The second-order valence-corrected chi connectivity index (χ2v) is 8.01. The minimum Gasteiger partial charge on any atom is -0.478 e. The fourth-order valence-corrected chi connectivity index (χ4v) is 4.00. The van der Waals surface area contributed by atoms with Gasteiger partial charge < -0.3 is 14.6 Å². The molecule has 8 heteroatoms. The number of unbranched alkanes of at least 4 members (excludes halogenated alkanes) is 2. The van der Waals surface area contributed by atoms with Crippen molar-refractivity contribution in [1.82, 2.24) is 20.5 Å². The van der Waals surface area contributed by atoms with E-state index < -0.39 is 11.9 Å². The number of hydrogen-bond acceptors (Lipinski definition) is 7. The number of ether oxygens (including phenoxy) is 2. The predicted octanol–water partition coefficient (Wildman–Crippen LogP) is 4.76. The number of carbonyl (C=O) groups is 1. The van der Waals surface area contributed by atoms with E-state index in [4.69, 9.17) is 9.47 Å². The van der Waals surface area contributed by atoms with E-state index in [2.05, 4.69) is 28.7 Å². The van der Waals surface area contributed by atoms with Crippen LogP contribution in [-0.2, 0) is 16.0 Å². The Balaban J connectivity index is 1.79. The number of methoxy groups -OCH3 is 2. The molecule has 1 aromatic heterocycles. The van der Waals surface area contributed by atoms with Crippen LogP contribution in [0.5, 0.6) is 0 Å². The lowest BCUT2D eigenvalue weighted by molar-refractivity contribution is -0.302. The Morgan fingerprint density at radius 1 is 1.12 bits per heavy atom. The van der Waals surface area contributed by atoms with Gasteiger partial charge in [-0.1, -0.05) is 51.0 Å². The number of pyridine rings is 1. The van der Waals surface area contributed by atoms with Gasteiger partial charge in [0.2, 0.25) is 0 Å². The van der Waals surface area contributed by atoms with Crippen molar-refractivity contribution in [3.8, 4) is 11.3 Å². The third-order valence-electron chi connectivity index (χ3n) is 5.94. The third kappa shape index (κ3) is 5.52. The topological polar surface area (TPSA) is 87.2 Å². The van der Waals surface area contributed by atoms with Gasteiger partial charge in [-0.05, 0) is 30.5 Å². The van der Waals surface area contributed by atoms with Crippen molar-refractivity contribution in [2.45, 2.75) is 58.4 Å². The van der Waals surface area contributed by atoms with E-state index in [9.17, 15) is 9.90 Å². The molecule has 0 saturated carbocycles. The average Bonchev–Trinajstić information content (AvgIpc) is 3.24. The summed E-state index contributed by atoms with van der Waals surface area (Å²) in [5, 5.41) is 13.4. The summed E-state index contributed by atoms with van der Waals surface area (Å²) in [6.45, 7) is 4.80. The van der Waals surface area contributed by atoms with Gasteiger partial charge in [-0.15, -0.1) is 5.53 Å². The molecule has 2 N–H and O–H groups in total. The van der Waals surface area contributed by atoms with Crippen LogP contribution < -0.4 is 5.53 Å². The van der Waals surface area contributed by atoms with E-state index in [0.717, 1.165) is 36.9 Å². The third-order valence-corrected chi connectivity index (χ3v) is 5.94. The van der Waals surface area contributed by atoms with Crippen molar-refractivity contribution in [2.75, 3.05) is 14.2 Å². The molecule has 3 rings (SSSR count). The van der Waals surface area contributed by atoms with Gasteiger partial charge in [0, 0.05) is 44.3 Å². The van der Waals surface area contributed by atoms with E-state index >= 15 is 0 Å². The lowest BCUT2D eigenvalue weighted by Gasteiger charge is -2.38. The highest BCUT2D eigenvalue weighted by Gasteiger charge is 2.38. The molecule has 1 aliphatic rings. The second-order valence-electron chi connectivity index (χ2n) is 8.01. The number of nitrogens with zero attached hydrogens (tertiary/aromatic N) is 3. The molecule has 2 heterocycles. The maximum absolute atomic E-state index is 11.5. The molecule has 0 unspecified atom stereocenters. The minimum absolute atomic E-state index is 0.241. The summed E-state index contributed by atoms with van der Waals surface area (Å²) in [7, 11) is 3.28. The number of carboxylic acids is 1. The van der Waals surface area contributed by atoms with Gasteiger partial charge in [0.25, 0.3) is 5.91 Å². The highest BCUT2D eigenvalue weighted by atomic mass is 16.7. The second kappa shape index (κ2) is 11.3. The number of hydrogen-bond donors (Lipinski definition) is 2. The average molecular weight is 455 g/mol. The van der Waals surface area contributed by atoms with Crippen LogP contribution in [0.1, 0.15) is 61.9 Å². The zero-order valence-corrected chi connectivity index (χ0v) is 19.9. The fraction of sp³-hybridized carbons (Fsp3) is 0.440. The maximum Gasteiger partial charge on any atom is 0.336 e. The summed E-state index contributed by atoms with van der Waals surface area (Å²) in [6, 6.07) is 10.8. The van der Waals surface area contributed by atoms with Crippen LogP contribution in [0.25, 0.3) is 11.3 Å². The van der Waals surface area contributed by atoms with Gasteiger partial charge in [0.05, 0.1) is 17.8 Å². The molecule has 0 radical (unpaired) electrons. The molecule has 0 aliphatic carbocycles. The Morgan fingerprint density at radius 2 is 1.88 bits per heavy atom. The summed E-state index contributed by atoms with van der Waals surface area (Å²) < 4.78 is 11.4. The summed E-state index contributed by atoms with van der Waals surface area (Å²) in [5.74, 6) is -1.86. The highest BCUT2D eigenvalue weighted by Crippen LogP contribution is 2.29. The molecule has 0 saturated heterocycles. The van der Waals surface area contributed by atoms with Gasteiger partial charge in [-0.3, -0.25) is 9.99 Å². The van der Waals surface area contributed by atoms with Gasteiger partial charge in [0.15, 0.2) is 0 Å². The molecule has 0 atom stereocenters. The first-order valence-corrected chi connectivity index (χ1v) is 11.4. The summed E-state index contributed by atoms with van der Waals surface area (Å²) in [4.78, 5) is 16.1. The summed E-state index contributed by atoms with van der Waals surface area (Å²) in [6.07, 6.45) is 8.83. The molecular weight excluding hydrogens is 420 g/mol. The first kappa shape index (κ1) is 24.7. The fourth-order valence-electron chi connectivity index (χ4n) is 4.00. The van der Waals surface area contributed by atoms with Gasteiger partial charge >= 0.3 is 5.97 Å². The molecule has 1 aliphatic heterocycles. The Labute approximate surface area is 195 Å². The smallest absolute Gasteiger partial charge is 0.336 e. The number of aromatic carboxylic acids is 1. The minimum atomic E-state index is -0.963. The molecule has 0 amide bonds. The van der Waals surface area contributed by atoms with E-state index in [-0.39, 0.29) is 5.56 Å². The van der Waals surface area contributed by atoms with Crippen molar-refractivity contribution in [1.29, 1.82) is 0 Å². The van der Waals surface area contributed by atoms with Crippen LogP contribution in [0.15, 0.2) is 54.5 Å². The zero-order chi connectivity index (χ0) is 23.8. The van der Waals surface area contributed by atoms with E-state index in [1.807, 2.05) is 30.1 Å². The standard InChI is InChI=1S/C25H34N4O4/c1-5-7-8-11-20-18-29(25(6-2,32-3)33-4)27-28(20)17-19-14-15-23(26-16-19)21-12-9-10-13-22(21)24(30)31/h9-10,12-16,18,27H,5-8,11,17H2,1-4H3,(H,30,31). The van der Waals surface area contributed by atoms with Crippen LogP contribution in [-0.4, -0.2) is 46.2 Å². The SMILES string of the molecule is CCCCCC1=CN(C(CC)(OC)OC)NN1Cc1ccc(-c2ccccc2C(=O)O)nc1. The van der Waals surface area contributed by atoms with E-state index in [1.54, 1.807) is 38.6 Å². The monoisotopic (exact) mass is 454 g/mol. The lowest BCUT2D eigenvalue weighted by Crippen LogP contribution is -2.55. The highest BCUT2D eigenvalue weighted by molar-refractivity contribution is 5.95.